The zero-order chi connectivity index (χ0) is 35.8. The number of aromatic hydroxyl groups is 1. The van der Waals surface area contributed by atoms with Gasteiger partial charge < -0.3 is 25.2 Å². The molecule has 0 saturated carbocycles. The number of phenolic OH excluding ortho intramolecular Hbond substituents is 1. The van der Waals surface area contributed by atoms with Crippen molar-refractivity contribution in [1.29, 1.82) is 0 Å². The number of nitrogens with zero attached hydrogens (tertiary/aromatic N) is 4. The van der Waals surface area contributed by atoms with Gasteiger partial charge in [-0.3, -0.25) is 13.4 Å². The monoisotopic (exact) mass is 839 g/mol. The number of rotatable bonds is 17. The minimum atomic E-state index is -5.31. The second kappa shape index (κ2) is 22.0. The number of azo groups is 2. The topological polar surface area (TPSA) is 338 Å². The van der Waals surface area contributed by atoms with Gasteiger partial charge in [0.1, 0.15) is 32.9 Å². The van der Waals surface area contributed by atoms with Crippen LogP contribution in [0.25, 0.3) is 0 Å². The molecule has 0 aliphatic heterocycles. The Bertz CT molecular complexity index is 2140. The first-order chi connectivity index (χ1) is 22.3. The standard InChI is InChI=1S/C22H23N5O16S5.3Na/c23-17-12-21(28)20(13-19(17)26-24-14-1-3-15(4-2-14)45(30,31)10-8-41-48(37,38)39)27-25-18-6-5-16(11-22(18)47(34,35)36)46(32,33)9-7-40-44-43-42-29;;;/h1-6,11-13,28-29H,7-10,23H2,(H,34,35,36)(H,37,38,39);;;/q;3*+1/p-3. The Morgan fingerprint density at radius 2 is 1.25 bits per heavy atom. The number of anilines is 1. The second-order valence-corrected chi connectivity index (χ2v) is 15.9. The smallest absolute Gasteiger partial charge is 0.744 e. The molecule has 0 spiro atoms. The molecule has 0 aliphatic rings. The minimum Gasteiger partial charge on any atom is -0.744 e. The van der Waals surface area contributed by atoms with Gasteiger partial charge in [0.05, 0.1) is 50.8 Å². The molecule has 0 saturated heterocycles. The van der Waals surface area contributed by atoms with Crippen LogP contribution in [0.3, 0.4) is 0 Å². The molecule has 0 heterocycles. The maximum absolute atomic E-state index is 12.5. The average molecular weight is 840 g/mol. The van der Waals surface area contributed by atoms with Gasteiger partial charge in [0.15, 0.2) is 32.0 Å². The summed E-state index contributed by atoms with van der Waals surface area (Å²) in [5, 5.41) is 38.2. The molecule has 29 heteroatoms. The Morgan fingerprint density at radius 3 is 1.84 bits per heavy atom. The van der Waals surface area contributed by atoms with E-state index in [9.17, 15) is 53.1 Å². The van der Waals surface area contributed by atoms with Crippen molar-refractivity contribution in [2.24, 2.45) is 20.5 Å². The van der Waals surface area contributed by atoms with Gasteiger partial charge in [0, 0.05) is 6.07 Å². The van der Waals surface area contributed by atoms with Gasteiger partial charge in [-0.1, -0.05) is 0 Å². The van der Waals surface area contributed by atoms with Crippen LogP contribution < -0.4 is 99.7 Å². The quantitative estimate of drug-likeness (QED) is 0.0147. The largest absolute Gasteiger partial charge is 1.00 e. The van der Waals surface area contributed by atoms with E-state index in [2.05, 4.69) is 38.2 Å². The van der Waals surface area contributed by atoms with E-state index in [0.29, 0.717) is 6.07 Å². The maximum Gasteiger partial charge on any atom is 1.00 e. The normalized spacial score (nSPS) is 12.3. The van der Waals surface area contributed by atoms with Crippen LogP contribution in [0.2, 0.25) is 0 Å². The van der Waals surface area contributed by atoms with Gasteiger partial charge in [-0.2, -0.15) is 5.11 Å². The number of sulfone groups is 2. The van der Waals surface area contributed by atoms with Crippen LogP contribution in [0.5, 0.6) is 5.75 Å². The molecule has 0 unspecified atom stereocenters. The average Bonchev–Trinajstić information content (AvgIpc) is 2.99. The van der Waals surface area contributed by atoms with Crippen LogP contribution in [-0.2, 0) is 57.9 Å². The van der Waals surface area contributed by atoms with Crippen molar-refractivity contribution in [3.8, 4) is 5.75 Å². The van der Waals surface area contributed by atoms with Gasteiger partial charge in [0.2, 0.25) is 10.4 Å². The summed E-state index contributed by atoms with van der Waals surface area (Å²) in [5.41, 5.74) is 4.83. The third-order valence-electron chi connectivity index (χ3n) is 5.54. The Hall–Kier alpha value is -0.670. The van der Waals surface area contributed by atoms with Crippen molar-refractivity contribution in [2.45, 2.75) is 14.7 Å². The summed E-state index contributed by atoms with van der Waals surface area (Å²) < 4.78 is 129. The molecule has 0 aliphatic carbocycles. The summed E-state index contributed by atoms with van der Waals surface area (Å²) in [7, 11) is -18.6. The van der Waals surface area contributed by atoms with Crippen LogP contribution in [-0.4, -0.2) is 72.6 Å². The number of hydrogen-bond acceptors (Lipinski definition) is 22. The molecule has 0 atom stereocenters. The molecule has 3 N–H and O–H groups in total. The van der Waals surface area contributed by atoms with Gasteiger partial charge in [-0.05, 0) is 48.5 Å². The zero-order valence-corrected chi connectivity index (χ0v) is 36.6. The van der Waals surface area contributed by atoms with Crippen LogP contribution in [0.4, 0.5) is 28.4 Å². The summed E-state index contributed by atoms with van der Waals surface area (Å²) in [6.45, 7) is -1.40. The molecule has 0 amide bonds. The van der Waals surface area contributed by atoms with E-state index < -0.39 is 86.1 Å². The summed E-state index contributed by atoms with van der Waals surface area (Å²) in [5.74, 6) is -2.07. The van der Waals surface area contributed by atoms with Crippen molar-refractivity contribution >= 4 is 81.0 Å². The van der Waals surface area contributed by atoms with Gasteiger partial charge in [0.25, 0.3) is 0 Å². The van der Waals surface area contributed by atoms with Crippen LogP contribution in [0, 0.1) is 0 Å². The van der Waals surface area contributed by atoms with E-state index in [1.165, 1.54) is 12.1 Å². The Balaban J connectivity index is 0.00000833. The number of benzene rings is 3. The van der Waals surface area contributed by atoms with E-state index in [0.717, 1.165) is 36.4 Å². The third-order valence-corrected chi connectivity index (χ3v) is 10.6. The van der Waals surface area contributed by atoms with Crippen molar-refractivity contribution in [2.75, 3.05) is 30.5 Å². The zero-order valence-electron chi connectivity index (χ0n) is 26.5. The molecule has 3 rings (SSSR count). The fourth-order valence-electron chi connectivity index (χ4n) is 3.35. The maximum atomic E-state index is 12.5. The number of hydrogen-bond donors (Lipinski definition) is 2. The Labute approximate surface area is 362 Å². The van der Waals surface area contributed by atoms with Crippen LogP contribution >= 0.6 is 12.3 Å². The second-order valence-electron chi connectivity index (χ2n) is 8.77. The fourth-order valence-corrected chi connectivity index (χ4v) is 6.97. The summed E-state index contributed by atoms with van der Waals surface area (Å²) >= 11 is 0.0535. The summed E-state index contributed by atoms with van der Waals surface area (Å²) in [6.07, 6.45) is 0. The predicted octanol–water partition coefficient (Wildman–Crippen LogP) is -7.45. The molecule has 0 aromatic heterocycles. The van der Waals surface area contributed by atoms with Crippen molar-refractivity contribution in [3.05, 3.63) is 54.6 Å². The first kappa shape index (κ1) is 50.3. The van der Waals surface area contributed by atoms with Crippen molar-refractivity contribution in [1.82, 2.24) is 0 Å². The molecule has 0 fully saturated rings. The van der Waals surface area contributed by atoms with E-state index >= 15 is 0 Å². The summed E-state index contributed by atoms with van der Waals surface area (Å²) in [4.78, 5) is -1.89. The van der Waals surface area contributed by atoms with Crippen molar-refractivity contribution < 1.29 is 160 Å². The molecule has 51 heavy (non-hydrogen) atoms. The third kappa shape index (κ3) is 16.3. The molecule has 21 nitrogen and oxygen atoms in total. The Morgan fingerprint density at radius 1 is 0.706 bits per heavy atom. The van der Waals surface area contributed by atoms with E-state index in [1.54, 1.807) is 0 Å². The molecule has 262 valence electrons. The molecule has 3 aromatic rings. The molecule has 3 aromatic carbocycles. The van der Waals surface area contributed by atoms with Crippen LogP contribution in [0.1, 0.15) is 0 Å². The Kier molecular flexibility index (Phi) is 21.7. The predicted molar refractivity (Wildman–Crippen MR) is 157 cm³/mol. The number of nitrogen functional groups attached to an aromatic ring is 1. The van der Waals surface area contributed by atoms with Crippen LogP contribution in [0.15, 0.2) is 89.7 Å². The van der Waals surface area contributed by atoms with Gasteiger partial charge in [-0.15, -0.1) is 19.7 Å². The fraction of sp³-hybridized carbons (Fsp3) is 0.182. The van der Waals surface area contributed by atoms with E-state index in [1.807, 2.05) is 0 Å². The van der Waals surface area contributed by atoms with E-state index in [4.69, 9.17) is 5.73 Å². The van der Waals surface area contributed by atoms with Gasteiger partial charge in [-0.25, -0.2) is 33.7 Å². The van der Waals surface area contributed by atoms with Gasteiger partial charge >= 0.3 is 88.7 Å². The number of phenols is 1. The van der Waals surface area contributed by atoms with Crippen molar-refractivity contribution in [3.63, 3.8) is 0 Å². The van der Waals surface area contributed by atoms with E-state index in [-0.39, 0.29) is 129 Å². The SMILES string of the molecule is Nc1cc(O)c(N=Nc2ccc(S(=O)(=O)CCOSOO[O-])cc2S(=O)(=O)[O-])cc1N=Nc1ccc(S(=O)(=O)CCOS(=O)(=O)[O-])cc1.[Na+].[Na+].[Na+]. The minimum absolute atomic E-state index is 0. The molecule has 0 radical (unpaired) electrons. The molecular weight excluding hydrogens is 820 g/mol. The molecular formula is C22H20N5Na3O16S5. The first-order valence-corrected chi connectivity index (χ1v) is 19.0. The number of nitrogens with two attached hydrogens (primary N) is 1. The summed E-state index contributed by atoms with van der Waals surface area (Å²) in [6, 6.07) is 9.16. The first-order valence-electron chi connectivity index (χ1n) is 12.3. The molecule has 0 bridgehead atoms.